The van der Waals surface area contributed by atoms with Crippen LogP contribution in [0.5, 0.6) is 0 Å². The van der Waals surface area contributed by atoms with E-state index >= 15 is 0 Å². The SMILES string of the molecule is COCCNC(=O)[C@@H](C)OC(=O)c1cc2sccc2n1C. The normalized spacial score (nSPS) is 12.3. The van der Waals surface area contributed by atoms with Gasteiger partial charge < -0.3 is 19.4 Å². The van der Waals surface area contributed by atoms with Crippen molar-refractivity contribution in [1.29, 1.82) is 0 Å². The van der Waals surface area contributed by atoms with Gasteiger partial charge >= 0.3 is 5.97 Å². The summed E-state index contributed by atoms with van der Waals surface area (Å²) >= 11 is 1.56. The quantitative estimate of drug-likeness (QED) is 0.649. The first-order valence-electron chi connectivity index (χ1n) is 6.55. The molecular weight excluding hydrogens is 292 g/mol. The molecule has 0 spiro atoms. The minimum atomic E-state index is -0.845. The van der Waals surface area contributed by atoms with E-state index < -0.39 is 12.1 Å². The predicted molar refractivity (Wildman–Crippen MR) is 80.6 cm³/mol. The van der Waals surface area contributed by atoms with Crippen LogP contribution in [0.2, 0.25) is 0 Å². The molecule has 114 valence electrons. The number of hydrogen-bond acceptors (Lipinski definition) is 5. The number of carbonyl (C=O) groups is 2. The van der Waals surface area contributed by atoms with Crippen LogP contribution in [0.4, 0.5) is 0 Å². The first kappa shape index (κ1) is 15.5. The Morgan fingerprint density at radius 3 is 2.90 bits per heavy atom. The highest BCUT2D eigenvalue weighted by Crippen LogP contribution is 2.24. The Labute approximate surface area is 126 Å². The molecule has 0 aliphatic carbocycles. The lowest BCUT2D eigenvalue weighted by atomic mass is 10.3. The van der Waals surface area contributed by atoms with Crippen LogP contribution in [0.3, 0.4) is 0 Å². The Hall–Kier alpha value is -1.86. The molecule has 2 aromatic heterocycles. The summed E-state index contributed by atoms with van der Waals surface area (Å²) in [5.74, 6) is -0.841. The van der Waals surface area contributed by atoms with Crippen LogP contribution >= 0.6 is 11.3 Å². The van der Waals surface area contributed by atoms with Gasteiger partial charge in [0.1, 0.15) is 5.69 Å². The summed E-state index contributed by atoms with van der Waals surface area (Å²) in [6.45, 7) is 2.35. The second kappa shape index (κ2) is 6.73. The number of esters is 1. The van der Waals surface area contributed by atoms with Crippen LogP contribution in [-0.2, 0) is 21.3 Å². The molecule has 2 aromatic rings. The van der Waals surface area contributed by atoms with E-state index in [9.17, 15) is 9.59 Å². The molecule has 2 rings (SSSR count). The molecule has 6 nitrogen and oxygen atoms in total. The third-order valence-corrected chi connectivity index (χ3v) is 3.98. The molecule has 7 heteroatoms. The maximum atomic E-state index is 12.1. The van der Waals surface area contributed by atoms with Gasteiger partial charge in [0, 0.05) is 20.7 Å². The number of carbonyl (C=O) groups excluding carboxylic acids is 2. The van der Waals surface area contributed by atoms with Crippen molar-refractivity contribution in [2.45, 2.75) is 13.0 Å². The number of fused-ring (bicyclic) bond motifs is 1. The average Bonchev–Trinajstić information content (AvgIpc) is 3.02. The van der Waals surface area contributed by atoms with E-state index in [2.05, 4.69) is 5.32 Å². The largest absolute Gasteiger partial charge is 0.448 e. The summed E-state index contributed by atoms with van der Waals surface area (Å²) in [4.78, 5) is 23.9. The first-order chi connectivity index (χ1) is 10.0. The topological polar surface area (TPSA) is 69.6 Å². The molecule has 0 aromatic carbocycles. The summed E-state index contributed by atoms with van der Waals surface area (Å²) in [5.41, 5.74) is 1.41. The van der Waals surface area contributed by atoms with E-state index in [4.69, 9.17) is 9.47 Å². The second-order valence-corrected chi connectivity index (χ2v) is 5.54. The Morgan fingerprint density at radius 1 is 1.48 bits per heavy atom. The molecule has 2 heterocycles. The lowest BCUT2D eigenvalue weighted by molar-refractivity contribution is -0.129. The molecular formula is C14H18N2O4S. The van der Waals surface area contributed by atoms with Gasteiger partial charge in [0.25, 0.3) is 5.91 Å². The van der Waals surface area contributed by atoms with Gasteiger partial charge in [-0.15, -0.1) is 11.3 Å². The lowest BCUT2D eigenvalue weighted by Gasteiger charge is -2.13. The number of rotatable bonds is 6. The maximum absolute atomic E-state index is 12.1. The molecule has 0 bridgehead atoms. The zero-order valence-corrected chi connectivity index (χ0v) is 13.0. The van der Waals surface area contributed by atoms with Crippen molar-refractivity contribution in [2.75, 3.05) is 20.3 Å². The molecule has 0 aliphatic heterocycles. The Morgan fingerprint density at radius 2 is 2.24 bits per heavy atom. The highest BCUT2D eigenvalue weighted by Gasteiger charge is 2.21. The van der Waals surface area contributed by atoms with Crippen molar-refractivity contribution >= 4 is 33.4 Å². The van der Waals surface area contributed by atoms with Crippen LogP contribution in [0.15, 0.2) is 17.5 Å². The number of aryl methyl sites for hydroxylation is 1. The van der Waals surface area contributed by atoms with E-state index in [0.29, 0.717) is 18.8 Å². The third-order valence-electron chi connectivity index (χ3n) is 3.13. The van der Waals surface area contributed by atoms with Crippen molar-refractivity contribution in [3.8, 4) is 0 Å². The average molecular weight is 310 g/mol. The maximum Gasteiger partial charge on any atom is 0.355 e. The van der Waals surface area contributed by atoms with Crippen molar-refractivity contribution in [3.63, 3.8) is 0 Å². The third kappa shape index (κ3) is 3.43. The Kier molecular flexibility index (Phi) is 4.98. The fourth-order valence-corrected chi connectivity index (χ4v) is 2.79. The molecule has 0 saturated carbocycles. The molecule has 1 amide bonds. The van der Waals surface area contributed by atoms with E-state index in [1.165, 1.54) is 0 Å². The summed E-state index contributed by atoms with van der Waals surface area (Å²) in [6.07, 6.45) is -0.845. The lowest BCUT2D eigenvalue weighted by Crippen LogP contribution is -2.37. The molecule has 0 radical (unpaired) electrons. The van der Waals surface area contributed by atoms with Gasteiger partial charge in [0.2, 0.25) is 0 Å². The van der Waals surface area contributed by atoms with Gasteiger partial charge in [0.05, 0.1) is 16.8 Å². The van der Waals surface area contributed by atoms with Crippen LogP contribution in [0.25, 0.3) is 10.2 Å². The van der Waals surface area contributed by atoms with Crippen molar-refractivity contribution in [3.05, 3.63) is 23.2 Å². The zero-order valence-electron chi connectivity index (χ0n) is 12.2. The van der Waals surface area contributed by atoms with Crippen LogP contribution in [0, 0.1) is 0 Å². The standard InChI is InChI=1S/C14H18N2O4S/c1-9(13(17)15-5-6-19-3)20-14(18)11-8-12-10(16(11)2)4-7-21-12/h4,7-9H,5-6H2,1-3H3,(H,15,17)/t9-/m1/s1. The molecule has 0 unspecified atom stereocenters. The number of nitrogens with zero attached hydrogens (tertiary/aromatic N) is 1. The van der Waals surface area contributed by atoms with Gasteiger partial charge in [-0.3, -0.25) is 4.79 Å². The highest BCUT2D eigenvalue weighted by molar-refractivity contribution is 7.17. The minimum absolute atomic E-state index is 0.337. The van der Waals surface area contributed by atoms with E-state index in [-0.39, 0.29) is 5.91 Å². The number of ether oxygens (including phenoxy) is 2. The van der Waals surface area contributed by atoms with Crippen molar-refractivity contribution in [2.24, 2.45) is 7.05 Å². The summed E-state index contributed by atoms with van der Waals surface area (Å²) in [6, 6.07) is 3.72. The molecule has 1 atom stereocenters. The molecule has 0 fully saturated rings. The molecule has 1 N–H and O–H groups in total. The van der Waals surface area contributed by atoms with E-state index in [1.807, 2.05) is 11.4 Å². The van der Waals surface area contributed by atoms with E-state index in [1.54, 1.807) is 43.1 Å². The summed E-state index contributed by atoms with van der Waals surface area (Å²) in [7, 11) is 3.35. The molecule has 21 heavy (non-hydrogen) atoms. The second-order valence-electron chi connectivity index (χ2n) is 4.59. The van der Waals surface area contributed by atoms with Gasteiger partial charge in [-0.25, -0.2) is 4.79 Å². The monoisotopic (exact) mass is 310 g/mol. The van der Waals surface area contributed by atoms with Crippen LogP contribution in [0.1, 0.15) is 17.4 Å². The van der Waals surface area contributed by atoms with E-state index in [0.717, 1.165) is 10.2 Å². The number of nitrogens with one attached hydrogen (secondary N) is 1. The number of aromatic nitrogens is 1. The number of methoxy groups -OCH3 is 1. The van der Waals surface area contributed by atoms with Crippen molar-refractivity contribution in [1.82, 2.24) is 9.88 Å². The Balaban J connectivity index is 1.98. The smallest absolute Gasteiger partial charge is 0.355 e. The van der Waals surface area contributed by atoms with Gasteiger partial charge in [-0.2, -0.15) is 0 Å². The Bertz CT molecular complexity index is 646. The highest BCUT2D eigenvalue weighted by atomic mass is 32.1. The summed E-state index contributed by atoms with van der Waals surface area (Å²) in [5, 5.41) is 4.59. The summed E-state index contributed by atoms with van der Waals surface area (Å²) < 4.78 is 12.8. The minimum Gasteiger partial charge on any atom is -0.448 e. The number of amides is 1. The predicted octanol–water partition coefficient (Wildman–Crippen LogP) is 1.55. The van der Waals surface area contributed by atoms with Crippen LogP contribution in [-0.4, -0.2) is 42.8 Å². The van der Waals surface area contributed by atoms with Crippen molar-refractivity contribution < 1.29 is 19.1 Å². The zero-order chi connectivity index (χ0) is 15.4. The molecule has 0 aliphatic rings. The van der Waals surface area contributed by atoms with Gasteiger partial charge in [0.15, 0.2) is 6.10 Å². The number of hydrogen-bond donors (Lipinski definition) is 1. The van der Waals surface area contributed by atoms with Crippen LogP contribution < -0.4 is 5.32 Å². The molecule has 0 saturated heterocycles. The number of thiophene rings is 1. The van der Waals surface area contributed by atoms with Gasteiger partial charge in [-0.1, -0.05) is 0 Å². The first-order valence-corrected chi connectivity index (χ1v) is 7.43. The van der Waals surface area contributed by atoms with Gasteiger partial charge in [-0.05, 0) is 24.4 Å². The fourth-order valence-electron chi connectivity index (χ4n) is 1.94. The fraction of sp³-hybridized carbons (Fsp3) is 0.429.